The smallest absolute Gasteiger partial charge is 0.220 e. The number of amides is 1. The Labute approximate surface area is 111 Å². The Balaban J connectivity index is 1.81. The van der Waals surface area contributed by atoms with E-state index >= 15 is 0 Å². The van der Waals surface area contributed by atoms with Crippen molar-refractivity contribution in [1.29, 1.82) is 0 Å². The van der Waals surface area contributed by atoms with Crippen molar-refractivity contribution in [3.05, 3.63) is 30.6 Å². The van der Waals surface area contributed by atoms with E-state index in [1.54, 1.807) is 12.4 Å². The molecule has 2 aromatic rings. The fourth-order valence-corrected chi connectivity index (χ4v) is 2.43. The Bertz CT molecular complexity index is 626. The number of hydrogen-bond acceptors (Lipinski definition) is 4. The normalized spacial score (nSPS) is 18.5. The molecule has 1 saturated heterocycles. The molecular formula is C14H16N4O. The van der Waals surface area contributed by atoms with Crippen LogP contribution in [0.3, 0.4) is 0 Å². The predicted octanol–water partition coefficient (Wildman–Crippen LogP) is 1.51. The maximum atomic E-state index is 11.2. The molecule has 0 saturated carbocycles. The molecule has 98 valence electrons. The molecule has 1 unspecified atom stereocenters. The first-order chi connectivity index (χ1) is 9.24. The molecule has 0 aliphatic carbocycles. The van der Waals surface area contributed by atoms with Crippen molar-refractivity contribution in [2.24, 2.45) is 0 Å². The fourth-order valence-electron chi connectivity index (χ4n) is 2.43. The first kappa shape index (κ1) is 11.8. The van der Waals surface area contributed by atoms with Crippen molar-refractivity contribution in [3.63, 3.8) is 0 Å². The third-order valence-electron chi connectivity index (χ3n) is 3.48. The fraction of sp³-hybridized carbons (Fsp3) is 0.286. The van der Waals surface area contributed by atoms with Gasteiger partial charge in [0.2, 0.25) is 5.91 Å². The predicted molar refractivity (Wildman–Crippen MR) is 75.8 cm³/mol. The van der Waals surface area contributed by atoms with Gasteiger partial charge in [0, 0.05) is 53.5 Å². The van der Waals surface area contributed by atoms with Crippen LogP contribution in [0, 0.1) is 0 Å². The lowest BCUT2D eigenvalue weighted by molar-refractivity contribution is -0.119. The number of rotatable bonds is 3. The van der Waals surface area contributed by atoms with Crippen LogP contribution in [-0.2, 0) is 4.79 Å². The van der Waals surface area contributed by atoms with Crippen LogP contribution in [0.2, 0.25) is 0 Å². The number of anilines is 2. The second-order valence-electron chi connectivity index (χ2n) is 4.81. The zero-order valence-electron chi connectivity index (χ0n) is 10.5. The van der Waals surface area contributed by atoms with Gasteiger partial charge in [0.05, 0.1) is 0 Å². The van der Waals surface area contributed by atoms with Crippen LogP contribution in [-0.4, -0.2) is 23.5 Å². The maximum absolute atomic E-state index is 11.2. The van der Waals surface area contributed by atoms with Crippen LogP contribution in [0.5, 0.6) is 0 Å². The van der Waals surface area contributed by atoms with Gasteiger partial charge in [0.15, 0.2) is 0 Å². The number of fused-ring (bicyclic) bond motifs is 1. The van der Waals surface area contributed by atoms with Gasteiger partial charge in [0.1, 0.15) is 0 Å². The van der Waals surface area contributed by atoms with E-state index < -0.39 is 0 Å². The van der Waals surface area contributed by atoms with Gasteiger partial charge in [-0.25, -0.2) is 0 Å². The van der Waals surface area contributed by atoms with E-state index in [9.17, 15) is 4.79 Å². The summed E-state index contributed by atoms with van der Waals surface area (Å²) in [4.78, 5) is 15.3. The number of nitrogens with zero attached hydrogens (tertiary/aromatic N) is 1. The van der Waals surface area contributed by atoms with Crippen LogP contribution in [0.25, 0.3) is 10.8 Å². The molecule has 2 heterocycles. The molecule has 0 bridgehead atoms. The molecule has 1 atom stereocenters. The molecule has 5 nitrogen and oxygen atoms in total. The van der Waals surface area contributed by atoms with Gasteiger partial charge >= 0.3 is 0 Å². The molecule has 1 amide bonds. The van der Waals surface area contributed by atoms with E-state index in [-0.39, 0.29) is 11.9 Å². The number of nitrogen functional groups attached to an aromatic ring is 1. The largest absolute Gasteiger partial charge is 0.398 e. The lowest BCUT2D eigenvalue weighted by Gasteiger charge is -2.14. The first-order valence-electron chi connectivity index (χ1n) is 6.39. The average molecular weight is 256 g/mol. The van der Waals surface area contributed by atoms with Gasteiger partial charge < -0.3 is 16.4 Å². The number of carbonyl (C=O) groups excluding carboxylic acids is 1. The van der Waals surface area contributed by atoms with Crippen molar-refractivity contribution in [2.45, 2.75) is 18.9 Å². The van der Waals surface area contributed by atoms with Gasteiger partial charge in [-0.1, -0.05) is 0 Å². The Morgan fingerprint density at radius 2 is 2.26 bits per heavy atom. The van der Waals surface area contributed by atoms with E-state index in [0.29, 0.717) is 6.42 Å². The number of hydrogen-bond donors (Lipinski definition) is 3. The Morgan fingerprint density at radius 1 is 1.37 bits per heavy atom. The van der Waals surface area contributed by atoms with Crippen LogP contribution in [0.15, 0.2) is 30.6 Å². The number of benzene rings is 1. The van der Waals surface area contributed by atoms with E-state index in [2.05, 4.69) is 15.6 Å². The summed E-state index contributed by atoms with van der Waals surface area (Å²) in [5.41, 5.74) is 7.69. The third-order valence-corrected chi connectivity index (χ3v) is 3.48. The minimum atomic E-state index is 0.135. The minimum Gasteiger partial charge on any atom is -0.398 e. The summed E-state index contributed by atoms with van der Waals surface area (Å²) in [5, 5.41) is 8.31. The Hall–Kier alpha value is -2.30. The van der Waals surface area contributed by atoms with Gasteiger partial charge in [0.25, 0.3) is 0 Å². The first-order valence-corrected chi connectivity index (χ1v) is 6.39. The molecule has 0 spiro atoms. The molecule has 19 heavy (non-hydrogen) atoms. The van der Waals surface area contributed by atoms with Crippen molar-refractivity contribution in [2.75, 3.05) is 17.6 Å². The summed E-state index contributed by atoms with van der Waals surface area (Å²) in [6.07, 6.45) is 5.05. The number of carbonyl (C=O) groups is 1. The monoisotopic (exact) mass is 256 g/mol. The van der Waals surface area contributed by atoms with Crippen molar-refractivity contribution in [1.82, 2.24) is 10.3 Å². The van der Waals surface area contributed by atoms with Crippen molar-refractivity contribution >= 4 is 28.1 Å². The van der Waals surface area contributed by atoms with Crippen LogP contribution >= 0.6 is 0 Å². The Kier molecular flexibility index (Phi) is 2.95. The van der Waals surface area contributed by atoms with E-state index in [4.69, 9.17) is 5.73 Å². The SMILES string of the molecule is Nc1ccc(NCC2CCC(=O)N2)c2cnccc12. The molecular weight excluding hydrogens is 240 g/mol. The summed E-state index contributed by atoms with van der Waals surface area (Å²) in [5.74, 6) is 0.135. The highest BCUT2D eigenvalue weighted by atomic mass is 16.1. The molecule has 1 aromatic heterocycles. The second-order valence-corrected chi connectivity index (χ2v) is 4.81. The quantitative estimate of drug-likeness (QED) is 0.727. The lowest BCUT2D eigenvalue weighted by Crippen LogP contribution is -2.31. The van der Waals surface area contributed by atoms with Crippen LogP contribution in [0.4, 0.5) is 11.4 Å². The highest BCUT2D eigenvalue weighted by Gasteiger charge is 2.20. The van der Waals surface area contributed by atoms with Crippen molar-refractivity contribution < 1.29 is 4.79 Å². The van der Waals surface area contributed by atoms with E-state index in [1.165, 1.54) is 0 Å². The van der Waals surface area contributed by atoms with Crippen molar-refractivity contribution in [3.8, 4) is 0 Å². The van der Waals surface area contributed by atoms with E-state index in [0.717, 1.165) is 35.1 Å². The highest BCUT2D eigenvalue weighted by molar-refractivity contribution is 6.00. The summed E-state index contributed by atoms with van der Waals surface area (Å²) in [6, 6.07) is 5.96. The van der Waals surface area contributed by atoms with Crippen LogP contribution < -0.4 is 16.4 Å². The van der Waals surface area contributed by atoms with E-state index in [1.807, 2.05) is 18.2 Å². The molecule has 1 fully saturated rings. The highest BCUT2D eigenvalue weighted by Crippen LogP contribution is 2.27. The van der Waals surface area contributed by atoms with Gasteiger partial charge in [-0.3, -0.25) is 9.78 Å². The zero-order valence-corrected chi connectivity index (χ0v) is 10.5. The average Bonchev–Trinajstić information content (AvgIpc) is 2.84. The topological polar surface area (TPSA) is 80.0 Å². The second kappa shape index (κ2) is 4.76. The molecule has 1 aromatic carbocycles. The van der Waals surface area contributed by atoms with Crippen LogP contribution in [0.1, 0.15) is 12.8 Å². The maximum Gasteiger partial charge on any atom is 0.220 e. The molecule has 1 aliphatic heterocycles. The molecule has 4 N–H and O–H groups in total. The lowest BCUT2D eigenvalue weighted by atomic mass is 10.1. The third kappa shape index (κ3) is 2.31. The number of nitrogens with two attached hydrogens (primary N) is 1. The molecule has 3 rings (SSSR count). The number of aromatic nitrogens is 1. The summed E-state index contributed by atoms with van der Waals surface area (Å²) in [7, 11) is 0. The van der Waals surface area contributed by atoms with Gasteiger partial charge in [-0.15, -0.1) is 0 Å². The number of nitrogens with one attached hydrogen (secondary N) is 2. The minimum absolute atomic E-state index is 0.135. The Morgan fingerprint density at radius 3 is 3.05 bits per heavy atom. The molecule has 0 radical (unpaired) electrons. The zero-order chi connectivity index (χ0) is 13.2. The van der Waals surface area contributed by atoms with Gasteiger partial charge in [-0.2, -0.15) is 0 Å². The summed E-state index contributed by atoms with van der Waals surface area (Å²) >= 11 is 0. The van der Waals surface area contributed by atoms with Gasteiger partial charge in [-0.05, 0) is 24.6 Å². The molecule has 1 aliphatic rings. The summed E-state index contributed by atoms with van der Waals surface area (Å²) in [6.45, 7) is 0.722. The summed E-state index contributed by atoms with van der Waals surface area (Å²) < 4.78 is 0. The number of pyridine rings is 1. The molecule has 5 heteroatoms. The standard InChI is InChI=1S/C14H16N4O/c15-12-2-3-13(11-8-16-6-5-10(11)12)17-7-9-1-4-14(19)18-9/h2-3,5-6,8-9,17H,1,4,7,15H2,(H,18,19).